The second-order valence-corrected chi connectivity index (χ2v) is 5.23. The third kappa shape index (κ3) is 2.10. The first-order valence-corrected chi connectivity index (χ1v) is 7.26. The van der Waals surface area contributed by atoms with Crippen LogP contribution in [-0.4, -0.2) is 38.9 Å². The number of phenols is 1. The number of benzene rings is 2. The van der Waals surface area contributed by atoms with Crippen LogP contribution in [0.1, 0.15) is 0 Å². The van der Waals surface area contributed by atoms with Gasteiger partial charge in [0.05, 0.1) is 19.7 Å². The van der Waals surface area contributed by atoms with Crippen molar-refractivity contribution < 1.29 is 14.6 Å². The van der Waals surface area contributed by atoms with E-state index in [2.05, 4.69) is 15.2 Å². The normalized spacial score (nSPS) is 11.1. The Morgan fingerprint density at radius 1 is 0.958 bits per heavy atom. The zero-order valence-corrected chi connectivity index (χ0v) is 13.1. The van der Waals surface area contributed by atoms with Crippen LogP contribution in [0.5, 0.6) is 17.2 Å². The number of rotatable bonds is 3. The zero-order chi connectivity index (χ0) is 16.7. The number of ether oxygens (including phenoxy) is 2. The van der Waals surface area contributed by atoms with Crippen molar-refractivity contribution in [1.82, 2.24) is 19.6 Å². The number of nitrogens with zero attached hydrogens (tertiary/aromatic N) is 4. The summed E-state index contributed by atoms with van der Waals surface area (Å²) in [6.07, 6.45) is 1.67. The molecule has 0 unspecified atom stereocenters. The molecule has 120 valence electrons. The van der Waals surface area contributed by atoms with Gasteiger partial charge in [0.25, 0.3) is 0 Å². The number of methoxy groups -OCH3 is 2. The van der Waals surface area contributed by atoms with Gasteiger partial charge >= 0.3 is 0 Å². The summed E-state index contributed by atoms with van der Waals surface area (Å²) in [4.78, 5) is 4.47. The minimum Gasteiger partial charge on any atom is -0.508 e. The molecule has 7 heteroatoms. The number of hydrogen-bond donors (Lipinski definition) is 1. The molecule has 1 N–H and O–H groups in total. The first kappa shape index (κ1) is 14.3. The van der Waals surface area contributed by atoms with E-state index in [4.69, 9.17) is 9.47 Å². The lowest BCUT2D eigenvalue weighted by Crippen LogP contribution is -1.95. The average Bonchev–Trinajstić information content (AvgIpc) is 3.05. The Kier molecular flexibility index (Phi) is 3.19. The second kappa shape index (κ2) is 5.38. The van der Waals surface area contributed by atoms with Crippen LogP contribution in [-0.2, 0) is 0 Å². The Hall–Kier alpha value is -3.35. The SMILES string of the molecule is COc1cc2ncn3c(-c4ccc(O)cc4)nnc3c2cc1OC. The number of fused-ring (bicyclic) bond motifs is 3. The summed E-state index contributed by atoms with van der Waals surface area (Å²) in [5, 5.41) is 18.8. The number of aromatic nitrogens is 4. The molecule has 0 aliphatic carbocycles. The molecular formula is C17H14N4O3. The molecule has 0 saturated heterocycles. The fourth-order valence-corrected chi connectivity index (χ4v) is 2.67. The molecule has 24 heavy (non-hydrogen) atoms. The molecule has 2 heterocycles. The molecule has 0 atom stereocenters. The van der Waals surface area contributed by atoms with E-state index in [1.165, 1.54) is 0 Å². The van der Waals surface area contributed by atoms with E-state index in [0.29, 0.717) is 23.0 Å². The maximum absolute atomic E-state index is 9.43. The standard InChI is InChI=1S/C17H14N4O3/c1-23-14-7-12-13(8-15(14)24-2)18-9-21-16(19-20-17(12)21)10-3-5-11(22)6-4-10/h3-9,22H,1-2H3. The molecule has 2 aromatic carbocycles. The molecule has 0 saturated carbocycles. The van der Waals surface area contributed by atoms with Crippen LogP contribution < -0.4 is 9.47 Å². The van der Waals surface area contributed by atoms with Crippen molar-refractivity contribution in [2.24, 2.45) is 0 Å². The van der Waals surface area contributed by atoms with Gasteiger partial charge in [0.2, 0.25) is 0 Å². The Balaban J connectivity index is 1.98. The van der Waals surface area contributed by atoms with Crippen LogP contribution in [0.15, 0.2) is 42.7 Å². The van der Waals surface area contributed by atoms with Gasteiger partial charge in [-0.2, -0.15) is 0 Å². The van der Waals surface area contributed by atoms with E-state index in [-0.39, 0.29) is 5.75 Å². The van der Waals surface area contributed by atoms with Crippen LogP contribution in [0.2, 0.25) is 0 Å². The van der Waals surface area contributed by atoms with Gasteiger partial charge in [-0.05, 0) is 30.3 Å². The van der Waals surface area contributed by atoms with Gasteiger partial charge in [-0.25, -0.2) is 4.98 Å². The van der Waals surface area contributed by atoms with Crippen molar-refractivity contribution in [3.8, 4) is 28.6 Å². The van der Waals surface area contributed by atoms with Gasteiger partial charge in [-0.15, -0.1) is 10.2 Å². The minimum absolute atomic E-state index is 0.202. The quantitative estimate of drug-likeness (QED) is 0.624. The maximum atomic E-state index is 9.43. The van der Waals surface area contributed by atoms with Gasteiger partial charge in [0.15, 0.2) is 23.0 Å². The summed E-state index contributed by atoms with van der Waals surface area (Å²) in [7, 11) is 3.17. The lowest BCUT2D eigenvalue weighted by Gasteiger charge is -2.09. The van der Waals surface area contributed by atoms with Crippen LogP contribution in [0.3, 0.4) is 0 Å². The van der Waals surface area contributed by atoms with Gasteiger partial charge in [-0.3, -0.25) is 4.40 Å². The van der Waals surface area contributed by atoms with Gasteiger partial charge in [0.1, 0.15) is 12.1 Å². The molecule has 0 radical (unpaired) electrons. The molecule has 4 aromatic rings. The lowest BCUT2D eigenvalue weighted by molar-refractivity contribution is 0.356. The first-order chi connectivity index (χ1) is 11.7. The van der Waals surface area contributed by atoms with E-state index in [0.717, 1.165) is 16.5 Å². The van der Waals surface area contributed by atoms with Crippen molar-refractivity contribution in [2.75, 3.05) is 14.2 Å². The molecule has 7 nitrogen and oxygen atoms in total. The van der Waals surface area contributed by atoms with Crippen molar-refractivity contribution in [1.29, 1.82) is 0 Å². The zero-order valence-electron chi connectivity index (χ0n) is 13.1. The van der Waals surface area contributed by atoms with E-state index in [1.807, 2.05) is 12.1 Å². The summed E-state index contributed by atoms with van der Waals surface area (Å²) in [5.74, 6) is 2.07. The third-order valence-electron chi connectivity index (χ3n) is 3.88. The molecule has 0 bridgehead atoms. The average molecular weight is 322 g/mol. The molecule has 0 amide bonds. The molecule has 2 aromatic heterocycles. The minimum atomic E-state index is 0.202. The second-order valence-electron chi connectivity index (χ2n) is 5.23. The van der Waals surface area contributed by atoms with Crippen LogP contribution in [0.4, 0.5) is 0 Å². The monoisotopic (exact) mass is 322 g/mol. The number of phenolic OH excluding ortho intramolecular Hbond substituents is 1. The molecule has 0 aliphatic rings. The van der Waals surface area contributed by atoms with E-state index >= 15 is 0 Å². The highest BCUT2D eigenvalue weighted by atomic mass is 16.5. The van der Waals surface area contributed by atoms with Crippen molar-refractivity contribution in [2.45, 2.75) is 0 Å². The largest absolute Gasteiger partial charge is 0.508 e. The summed E-state index contributed by atoms with van der Waals surface area (Å²) < 4.78 is 12.5. The summed E-state index contributed by atoms with van der Waals surface area (Å²) in [6, 6.07) is 10.4. The highest BCUT2D eigenvalue weighted by Crippen LogP contribution is 2.33. The topological polar surface area (TPSA) is 81.8 Å². The summed E-state index contributed by atoms with van der Waals surface area (Å²) in [5.41, 5.74) is 2.25. The lowest BCUT2D eigenvalue weighted by atomic mass is 10.2. The smallest absolute Gasteiger partial charge is 0.171 e. The number of aromatic hydroxyl groups is 1. The summed E-state index contributed by atoms with van der Waals surface area (Å²) in [6.45, 7) is 0. The fourth-order valence-electron chi connectivity index (χ4n) is 2.67. The fraction of sp³-hybridized carbons (Fsp3) is 0.118. The van der Waals surface area contributed by atoms with Crippen molar-refractivity contribution in [3.05, 3.63) is 42.7 Å². The highest BCUT2D eigenvalue weighted by Gasteiger charge is 2.14. The van der Waals surface area contributed by atoms with Crippen molar-refractivity contribution in [3.63, 3.8) is 0 Å². The Morgan fingerprint density at radius 3 is 2.38 bits per heavy atom. The molecule has 0 aliphatic heterocycles. The Labute approximate surface area is 137 Å². The van der Waals surface area contributed by atoms with Crippen molar-refractivity contribution >= 4 is 16.6 Å². The van der Waals surface area contributed by atoms with Crippen LogP contribution in [0, 0.1) is 0 Å². The van der Waals surface area contributed by atoms with E-state index < -0.39 is 0 Å². The predicted molar refractivity (Wildman–Crippen MR) is 88.5 cm³/mol. The van der Waals surface area contributed by atoms with E-state index in [9.17, 15) is 5.11 Å². The van der Waals surface area contributed by atoms with Gasteiger partial charge in [-0.1, -0.05) is 0 Å². The Morgan fingerprint density at radius 2 is 1.67 bits per heavy atom. The summed E-state index contributed by atoms with van der Waals surface area (Å²) >= 11 is 0. The third-order valence-corrected chi connectivity index (χ3v) is 3.88. The van der Waals surface area contributed by atoms with Gasteiger partial charge < -0.3 is 14.6 Å². The van der Waals surface area contributed by atoms with E-state index in [1.54, 1.807) is 49.2 Å². The van der Waals surface area contributed by atoms with Crippen LogP contribution >= 0.6 is 0 Å². The molecule has 4 rings (SSSR count). The maximum Gasteiger partial charge on any atom is 0.171 e. The number of hydrogen-bond acceptors (Lipinski definition) is 6. The predicted octanol–water partition coefficient (Wildman–Crippen LogP) is 2.67. The highest BCUT2D eigenvalue weighted by molar-refractivity contribution is 5.94. The first-order valence-electron chi connectivity index (χ1n) is 7.26. The molecule has 0 spiro atoms. The van der Waals surface area contributed by atoms with Gasteiger partial charge in [0, 0.05) is 17.0 Å². The molecular weight excluding hydrogens is 308 g/mol. The Bertz CT molecular complexity index is 1040. The molecule has 0 fully saturated rings. The van der Waals surface area contributed by atoms with Crippen LogP contribution in [0.25, 0.3) is 27.9 Å².